The second kappa shape index (κ2) is 4.69. The van der Waals surface area contributed by atoms with Crippen molar-refractivity contribution in [3.05, 3.63) is 78.9 Å². The first-order valence-electron chi connectivity index (χ1n) is 11.3. The maximum atomic E-state index is 6.52. The van der Waals surface area contributed by atoms with E-state index in [0.29, 0.717) is 0 Å². The molecule has 0 saturated heterocycles. The molecule has 0 atom stereocenters. The summed E-state index contributed by atoms with van der Waals surface area (Å²) in [6.07, 6.45) is 0. The second-order valence-corrected chi connectivity index (χ2v) is 9.30. The fourth-order valence-electron chi connectivity index (χ4n) is 6.83. The predicted molar refractivity (Wildman–Crippen MR) is 132 cm³/mol. The summed E-state index contributed by atoms with van der Waals surface area (Å²) in [7, 11) is 0. The fourth-order valence-corrected chi connectivity index (χ4v) is 6.83. The second-order valence-electron chi connectivity index (χ2n) is 9.30. The Bertz CT molecular complexity index is 2070. The summed E-state index contributed by atoms with van der Waals surface area (Å²) in [6, 6.07) is 27.9. The van der Waals surface area contributed by atoms with E-state index in [2.05, 4.69) is 81.8 Å². The number of para-hydroxylation sites is 1. The number of benzene rings is 4. The van der Waals surface area contributed by atoms with E-state index in [1.807, 2.05) is 6.07 Å². The molecule has 33 heavy (non-hydrogen) atoms. The van der Waals surface area contributed by atoms with Gasteiger partial charge in [-0.3, -0.25) is 8.97 Å². The molecule has 0 spiro atoms. The molecule has 0 amide bonds. The van der Waals surface area contributed by atoms with Gasteiger partial charge in [-0.05, 0) is 63.9 Å². The summed E-state index contributed by atoms with van der Waals surface area (Å²) in [5.41, 5.74) is 13.0. The summed E-state index contributed by atoms with van der Waals surface area (Å²) in [5, 5.41) is 2.50. The Morgan fingerprint density at radius 2 is 1.52 bits per heavy atom. The largest absolute Gasteiger partial charge is 0.458 e. The number of hydrogen-bond acceptors (Lipinski definition) is 2. The van der Waals surface area contributed by atoms with Gasteiger partial charge >= 0.3 is 0 Å². The van der Waals surface area contributed by atoms with Crippen LogP contribution in [0.5, 0.6) is 11.5 Å². The molecule has 0 aliphatic carbocycles. The number of ether oxygens (including phenoxy) is 1. The molecule has 0 N–H and O–H groups in total. The van der Waals surface area contributed by atoms with Crippen LogP contribution in [0.15, 0.2) is 83.3 Å². The van der Waals surface area contributed by atoms with Crippen molar-refractivity contribution in [1.29, 1.82) is 0 Å². The minimum Gasteiger partial charge on any atom is -0.458 e. The molecule has 7 aromatic rings. The molecule has 3 aromatic heterocycles. The first-order valence-corrected chi connectivity index (χ1v) is 11.3. The number of imidazole rings is 1. The standard InChI is InChI=1S/C28H13BN2O2/c1-2-11-19-16(6-1)26-28(33-19)31-18-10-5-13-21-24(18)29-23-15(8-4-12-20(23)32-21)14-7-3-9-17-22(14)25(29)27(31)30(17)26/h1-13H. The lowest BCUT2D eigenvalue weighted by atomic mass is 9.32. The molecule has 0 fully saturated rings. The summed E-state index contributed by atoms with van der Waals surface area (Å²) in [4.78, 5) is 0. The third kappa shape index (κ3) is 1.43. The Morgan fingerprint density at radius 3 is 2.48 bits per heavy atom. The average Bonchev–Trinajstić information content (AvgIpc) is 3.49. The van der Waals surface area contributed by atoms with E-state index < -0.39 is 0 Å². The lowest BCUT2D eigenvalue weighted by Crippen LogP contribution is -2.60. The molecule has 0 unspecified atom stereocenters. The molecule has 3 aliphatic heterocycles. The Kier molecular flexibility index (Phi) is 2.19. The van der Waals surface area contributed by atoms with Gasteiger partial charge in [0.25, 0.3) is 6.71 Å². The van der Waals surface area contributed by atoms with Crippen molar-refractivity contribution in [2.75, 3.05) is 0 Å². The van der Waals surface area contributed by atoms with Crippen LogP contribution in [0.1, 0.15) is 0 Å². The molecular formula is C28H13BN2O2. The van der Waals surface area contributed by atoms with Crippen molar-refractivity contribution in [2.45, 2.75) is 0 Å². The van der Waals surface area contributed by atoms with Crippen LogP contribution in [0.3, 0.4) is 0 Å². The van der Waals surface area contributed by atoms with Crippen LogP contribution in [-0.4, -0.2) is 15.7 Å². The highest BCUT2D eigenvalue weighted by Crippen LogP contribution is 2.44. The molecular weight excluding hydrogens is 407 g/mol. The van der Waals surface area contributed by atoms with Gasteiger partial charge in [0, 0.05) is 16.5 Å². The van der Waals surface area contributed by atoms with Gasteiger partial charge in [0.15, 0.2) is 0 Å². The van der Waals surface area contributed by atoms with Gasteiger partial charge < -0.3 is 9.15 Å². The van der Waals surface area contributed by atoms with Crippen molar-refractivity contribution < 1.29 is 9.15 Å². The lowest BCUT2D eigenvalue weighted by Gasteiger charge is -2.35. The van der Waals surface area contributed by atoms with Gasteiger partial charge in [0.1, 0.15) is 28.2 Å². The Morgan fingerprint density at radius 1 is 0.697 bits per heavy atom. The molecule has 0 bridgehead atoms. The van der Waals surface area contributed by atoms with E-state index in [9.17, 15) is 0 Å². The van der Waals surface area contributed by atoms with E-state index >= 15 is 0 Å². The zero-order valence-corrected chi connectivity index (χ0v) is 17.3. The van der Waals surface area contributed by atoms with Crippen molar-refractivity contribution >= 4 is 61.9 Å². The molecule has 10 rings (SSSR count). The highest BCUT2D eigenvalue weighted by molar-refractivity contribution is 7.02. The van der Waals surface area contributed by atoms with Gasteiger partial charge in [0.05, 0.1) is 5.52 Å². The molecule has 3 aliphatic rings. The highest BCUT2D eigenvalue weighted by Gasteiger charge is 2.47. The predicted octanol–water partition coefficient (Wildman–Crippen LogP) is 4.70. The summed E-state index contributed by atoms with van der Waals surface area (Å²) in [5.74, 6) is 1.91. The van der Waals surface area contributed by atoms with E-state index in [1.165, 1.54) is 44.1 Å². The van der Waals surface area contributed by atoms with Gasteiger partial charge in [0.2, 0.25) is 5.71 Å². The van der Waals surface area contributed by atoms with Crippen molar-refractivity contribution in [2.24, 2.45) is 0 Å². The van der Waals surface area contributed by atoms with Crippen LogP contribution >= 0.6 is 0 Å². The van der Waals surface area contributed by atoms with Gasteiger partial charge in [-0.1, -0.05) is 42.5 Å². The van der Waals surface area contributed by atoms with Crippen LogP contribution < -0.4 is 21.1 Å². The first-order chi connectivity index (χ1) is 16.4. The normalized spacial score (nSPS) is 14.2. The van der Waals surface area contributed by atoms with E-state index in [4.69, 9.17) is 9.15 Å². The molecule has 5 heteroatoms. The van der Waals surface area contributed by atoms with E-state index in [0.717, 1.165) is 39.4 Å². The van der Waals surface area contributed by atoms with Gasteiger partial charge in [-0.2, -0.15) is 0 Å². The van der Waals surface area contributed by atoms with Crippen LogP contribution in [0.2, 0.25) is 0 Å². The summed E-state index contributed by atoms with van der Waals surface area (Å²) < 4.78 is 17.8. The average molecular weight is 420 g/mol. The van der Waals surface area contributed by atoms with Crippen LogP contribution in [0.25, 0.3) is 55.6 Å². The molecule has 6 heterocycles. The van der Waals surface area contributed by atoms with E-state index in [1.54, 1.807) is 0 Å². The minimum atomic E-state index is 0.163. The molecule has 4 aromatic carbocycles. The monoisotopic (exact) mass is 420 g/mol. The van der Waals surface area contributed by atoms with Gasteiger partial charge in [-0.25, -0.2) is 0 Å². The topological polar surface area (TPSA) is 31.7 Å². The lowest BCUT2D eigenvalue weighted by molar-refractivity contribution is 0.487. The van der Waals surface area contributed by atoms with E-state index in [-0.39, 0.29) is 6.71 Å². The van der Waals surface area contributed by atoms with Crippen LogP contribution in [0, 0.1) is 0 Å². The van der Waals surface area contributed by atoms with Crippen LogP contribution in [0.4, 0.5) is 0 Å². The maximum absolute atomic E-state index is 6.52. The Labute approximate surface area is 187 Å². The van der Waals surface area contributed by atoms with Crippen molar-refractivity contribution in [3.8, 4) is 28.3 Å². The molecule has 0 saturated carbocycles. The molecule has 150 valence electrons. The minimum absolute atomic E-state index is 0.163. The number of hydrogen-bond donors (Lipinski definition) is 0. The fraction of sp³-hybridized carbons (Fsp3) is 0. The molecule has 4 nitrogen and oxygen atoms in total. The number of aromatic nitrogens is 2. The number of rotatable bonds is 0. The summed E-state index contributed by atoms with van der Waals surface area (Å²) in [6.45, 7) is 0.163. The molecule has 0 radical (unpaired) electrons. The number of fused-ring (bicyclic) bond motifs is 8. The van der Waals surface area contributed by atoms with Crippen molar-refractivity contribution in [1.82, 2.24) is 8.97 Å². The van der Waals surface area contributed by atoms with Gasteiger partial charge in [-0.15, -0.1) is 0 Å². The Balaban J connectivity index is 1.61. The highest BCUT2D eigenvalue weighted by atomic mass is 16.5. The number of furan rings is 1. The third-order valence-electron chi connectivity index (χ3n) is 7.92. The third-order valence-corrected chi connectivity index (χ3v) is 7.92. The SMILES string of the molecule is c1cc2c3c(c1)-c1cccc4c1c1c5n(c6oc7ccccc7c6n45)-c4cccc(c4B31)O2. The smallest absolute Gasteiger partial charge is 0.260 e. The first kappa shape index (κ1) is 15.4. The van der Waals surface area contributed by atoms with Crippen LogP contribution in [-0.2, 0) is 0 Å². The zero-order chi connectivity index (χ0) is 21.0. The Hall–Kier alpha value is -4.38. The zero-order valence-electron chi connectivity index (χ0n) is 17.3. The maximum Gasteiger partial charge on any atom is 0.260 e. The quantitative estimate of drug-likeness (QED) is 0.333. The van der Waals surface area contributed by atoms with Crippen molar-refractivity contribution in [3.63, 3.8) is 0 Å². The number of nitrogens with zero attached hydrogens (tertiary/aromatic N) is 2. The summed E-state index contributed by atoms with van der Waals surface area (Å²) >= 11 is 0.